The van der Waals surface area contributed by atoms with Gasteiger partial charge in [-0.2, -0.15) is 0 Å². The minimum Gasteiger partial charge on any atom is -0.382 e. The van der Waals surface area contributed by atoms with E-state index < -0.39 is 0 Å². The first-order chi connectivity index (χ1) is 7.84. The van der Waals surface area contributed by atoms with E-state index in [0.717, 1.165) is 25.9 Å². The first kappa shape index (κ1) is 12.0. The van der Waals surface area contributed by atoms with Gasteiger partial charge >= 0.3 is 0 Å². The molecule has 2 atom stereocenters. The molecule has 0 spiro atoms. The maximum atomic E-state index is 9.50. The van der Waals surface area contributed by atoms with Crippen LogP contribution in [-0.2, 0) is 11.3 Å². The molecule has 1 heterocycles. The van der Waals surface area contributed by atoms with Gasteiger partial charge in [0, 0.05) is 5.25 Å². The molecule has 2 rings (SSSR count). The molecule has 2 nitrogen and oxygen atoms in total. The van der Waals surface area contributed by atoms with Crippen molar-refractivity contribution in [3.05, 3.63) is 35.9 Å². The predicted octanol–water partition coefficient (Wildman–Crippen LogP) is 2.81. The molecule has 0 amide bonds. The second kappa shape index (κ2) is 6.28. The van der Waals surface area contributed by atoms with E-state index in [1.165, 1.54) is 5.56 Å². The number of rotatable bonds is 4. The minimum absolute atomic E-state index is 0.181. The Labute approximate surface area is 101 Å². The molecule has 0 aliphatic carbocycles. The Morgan fingerprint density at radius 1 is 1.25 bits per heavy atom. The van der Waals surface area contributed by atoms with Crippen molar-refractivity contribution in [1.82, 2.24) is 0 Å². The Hall–Kier alpha value is -0.510. The Bertz CT molecular complexity index is 302. The third kappa shape index (κ3) is 3.81. The second-order valence-electron chi connectivity index (χ2n) is 4.14. The van der Waals surface area contributed by atoms with E-state index in [1.807, 2.05) is 18.2 Å². The van der Waals surface area contributed by atoms with Crippen LogP contribution in [0.1, 0.15) is 24.8 Å². The minimum atomic E-state index is -0.181. The standard InChI is InChI=1S/C13H18O2S/c14-13-8-4-7-12(16-13)10-15-9-11-5-2-1-3-6-11/h1-3,5-6,12-14H,4,7-10H2. The van der Waals surface area contributed by atoms with E-state index >= 15 is 0 Å². The lowest BCUT2D eigenvalue weighted by molar-refractivity contribution is 0.116. The van der Waals surface area contributed by atoms with Crippen molar-refractivity contribution in [3.63, 3.8) is 0 Å². The number of hydrogen-bond acceptors (Lipinski definition) is 3. The molecule has 1 aromatic rings. The largest absolute Gasteiger partial charge is 0.382 e. The van der Waals surface area contributed by atoms with Crippen molar-refractivity contribution in [2.45, 2.75) is 36.6 Å². The van der Waals surface area contributed by atoms with Gasteiger partial charge in [0.15, 0.2) is 0 Å². The molecule has 1 fully saturated rings. The Morgan fingerprint density at radius 3 is 2.81 bits per heavy atom. The lowest BCUT2D eigenvalue weighted by Gasteiger charge is -2.25. The van der Waals surface area contributed by atoms with E-state index in [1.54, 1.807) is 11.8 Å². The molecule has 88 valence electrons. The van der Waals surface area contributed by atoms with Crippen LogP contribution in [0.2, 0.25) is 0 Å². The van der Waals surface area contributed by atoms with Gasteiger partial charge in [-0.3, -0.25) is 0 Å². The van der Waals surface area contributed by atoms with Gasteiger partial charge in [-0.05, 0) is 24.8 Å². The fraction of sp³-hybridized carbons (Fsp3) is 0.538. The Kier molecular flexibility index (Phi) is 4.69. The summed E-state index contributed by atoms with van der Waals surface area (Å²) in [5.74, 6) is 0. The summed E-state index contributed by atoms with van der Waals surface area (Å²) >= 11 is 1.65. The number of benzene rings is 1. The van der Waals surface area contributed by atoms with Gasteiger partial charge < -0.3 is 9.84 Å². The van der Waals surface area contributed by atoms with Crippen LogP contribution in [0.4, 0.5) is 0 Å². The van der Waals surface area contributed by atoms with Gasteiger partial charge in [0.05, 0.1) is 18.6 Å². The summed E-state index contributed by atoms with van der Waals surface area (Å²) in [6.45, 7) is 1.42. The summed E-state index contributed by atoms with van der Waals surface area (Å²) in [6, 6.07) is 10.2. The highest BCUT2D eigenvalue weighted by Gasteiger charge is 2.20. The third-order valence-corrected chi connectivity index (χ3v) is 4.05. The SMILES string of the molecule is OC1CCCC(COCc2ccccc2)S1. The van der Waals surface area contributed by atoms with Gasteiger partial charge in [-0.25, -0.2) is 0 Å². The average molecular weight is 238 g/mol. The molecule has 1 aromatic carbocycles. The molecule has 1 aliphatic rings. The van der Waals surface area contributed by atoms with Crippen LogP contribution in [0.5, 0.6) is 0 Å². The molecule has 1 N–H and O–H groups in total. The van der Waals surface area contributed by atoms with Crippen molar-refractivity contribution in [3.8, 4) is 0 Å². The number of aliphatic hydroxyl groups is 1. The molecule has 1 saturated heterocycles. The smallest absolute Gasteiger partial charge is 0.0996 e. The van der Waals surface area contributed by atoms with Crippen LogP contribution in [0.3, 0.4) is 0 Å². The van der Waals surface area contributed by atoms with E-state index in [9.17, 15) is 5.11 Å². The van der Waals surface area contributed by atoms with Crippen LogP contribution < -0.4 is 0 Å². The highest BCUT2D eigenvalue weighted by Crippen LogP contribution is 2.30. The van der Waals surface area contributed by atoms with Gasteiger partial charge in [-0.15, -0.1) is 11.8 Å². The molecule has 0 radical (unpaired) electrons. The molecule has 0 saturated carbocycles. The van der Waals surface area contributed by atoms with Crippen molar-refractivity contribution < 1.29 is 9.84 Å². The Morgan fingerprint density at radius 2 is 2.06 bits per heavy atom. The summed E-state index contributed by atoms with van der Waals surface area (Å²) in [5.41, 5.74) is 1.03. The van der Waals surface area contributed by atoms with Gasteiger partial charge in [-0.1, -0.05) is 30.3 Å². The normalized spacial score (nSPS) is 25.6. The number of aliphatic hydroxyl groups excluding tert-OH is 1. The van der Waals surface area contributed by atoms with E-state index in [2.05, 4.69) is 12.1 Å². The van der Waals surface area contributed by atoms with Gasteiger partial charge in [0.1, 0.15) is 0 Å². The fourth-order valence-corrected chi connectivity index (χ4v) is 3.11. The molecule has 0 bridgehead atoms. The number of thioether (sulfide) groups is 1. The molecular formula is C13H18O2S. The zero-order chi connectivity index (χ0) is 11.2. The molecule has 3 heteroatoms. The maximum Gasteiger partial charge on any atom is 0.0996 e. The lowest BCUT2D eigenvalue weighted by atomic mass is 10.2. The highest BCUT2D eigenvalue weighted by atomic mass is 32.2. The van der Waals surface area contributed by atoms with E-state index in [0.29, 0.717) is 11.9 Å². The highest BCUT2D eigenvalue weighted by molar-refractivity contribution is 8.00. The average Bonchev–Trinajstić information content (AvgIpc) is 2.30. The first-order valence-corrected chi connectivity index (χ1v) is 6.74. The molecule has 16 heavy (non-hydrogen) atoms. The first-order valence-electron chi connectivity index (χ1n) is 5.80. The monoisotopic (exact) mass is 238 g/mol. The van der Waals surface area contributed by atoms with E-state index in [-0.39, 0.29) is 5.44 Å². The molecule has 1 aliphatic heterocycles. The van der Waals surface area contributed by atoms with Crippen LogP contribution in [0.15, 0.2) is 30.3 Å². The zero-order valence-electron chi connectivity index (χ0n) is 9.34. The molecule has 2 unspecified atom stereocenters. The van der Waals surface area contributed by atoms with Gasteiger partial charge in [0.2, 0.25) is 0 Å². The molecular weight excluding hydrogens is 220 g/mol. The van der Waals surface area contributed by atoms with Crippen LogP contribution in [0, 0.1) is 0 Å². The fourth-order valence-electron chi connectivity index (χ4n) is 1.88. The van der Waals surface area contributed by atoms with Crippen molar-refractivity contribution in [2.24, 2.45) is 0 Å². The van der Waals surface area contributed by atoms with Crippen molar-refractivity contribution >= 4 is 11.8 Å². The summed E-state index contributed by atoms with van der Waals surface area (Å²) in [7, 11) is 0. The van der Waals surface area contributed by atoms with Crippen molar-refractivity contribution in [2.75, 3.05) is 6.61 Å². The van der Waals surface area contributed by atoms with E-state index in [4.69, 9.17) is 4.74 Å². The summed E-state index contributed by atoms with van der Waals surface area (Å²) in [4.78, 5) is 0. The second-order valence-corrected chi connectivity index (χ2v) is 5.63. The quantitative estimate of drug-likeness (QED) is 0.874. The summed E-state index contributed by atoms with van der Waals surface area (Å²) in [5, 5.41) is 9.97. The topological polar surface area (TPSA) is 29.5 Å². The molecule has 0 aromatic heterocycles. The maximum absolute atomic E-state index is 9.50. The summed E-state index contributed by atoms with van der Waals surface area (Å²) < 4.78 is 5.68. The number of ether oxygens (including phenoxy) is 1. The van der Waals surface area contributed by atoms with Gasteiger partial charge in [0.25, 0.3) is 0 Å². The Balaban J connectivity index is 1.68. The zero-order valence-corrected chi connectivity index (χ0v) is 10.2. The third-order valence-electron chi connectivity index (χ3n) is 2.74. The van der Waals surface area contributed by atoms with Crippen LogP contribution in [-0.4, -0.2) is 22.4 Å². The van der Waals surface area contributed by atoms with Crippen LogP contribution in [0.25, 0.3) is 0 Å². The predicted molar refractivity (Wildman–Crippen MR) is 67.3 cm³/mol. The lowest BCUT2D eigenvalue weighted by Crippen LogP contribution is -2.21. The van der Waals surface area contributed by atoms with Crippen molar-refractivity contribution in [1.29, 1.82) is 0 Å². The van der Waals surface area contributed by atoms with Crippen LogP contribution >= 0.6 is 11.8 Å². The number of hydrogen-bond donors (Lipinski definition) is 1. The summed E-state index contributed by atoms with van der Waals surface area (Å²) in [6.07, 6.45) is 3.21.